The van der Waals surface area contributed by atoms with Crippen molar-refractivity contribution in [2.75, 3.05) is 70.7 Å². The molecule has 10 nitrogen and oxygen atoms in total. The molecule has 1 aliphatic rings. The first kappa shape index (κ1) is 25.7. The second kappa shape index (κ2) is 11.0. The van der Waals surface area contributed by atoms with Crippen LogP contribution in [-0.4, -0.2) is 88.6 Å². The molecule has 2 aromatic rings. The smallest absolute Gasteiger partial charge is 0.248 e. The molecule has 0 radical (unpaired) electrons. The number of nitrogens with two attached hydrogens (primary N) is 1. The minimum absolute atomic E-state index is 0.0854. The number of piperazine rings is 1. The Morgan fingerprint density at radius 2 is 1.79 bits per heavy atom. The summed E-state index contributed by atoms with van der Waals surface area (Å²) < 4.78 is 38.1. The lowest BCUT2D eigenvalue weighted by Gasteiger charge is -2.36. The number of ether oxygens (including phenoxy) is 2. The third-order valence-corrected chi connectivity index (χ3v) is 8.05. The number of hydrogen-bond acceptors (Lipinski definition) is 8. The molecule has 1 aromatic carbocycles. The number of nitrogen functional groups attached to an aromatic ring is 1. The molecule has 186 valence electrons. The zero-order valence-electron chi connectivity index (χ0n) is 20.2. The van der Waals surface area contributed by atoms with Gasteiger partial charge in [-0.25, -0.2) is 13.4 Å². The van der Waals surface area contributed by atoms with Crippen molar-refractivity contribution in [2.24, 2.45) is 0 Å². The van der Waals surface area contributed by atoms with Crippen LogP contribution in [0.5, 0.6) is 5.75 Å². The fourth-order valence-electron chi connectivity index (χ4n) is 3.95. The summed E-state index contributed by atoms with van der Waals surface area (Å²) >= 11 is 0. The monoisotopic (exact) mass is 491 g/mol. The summed E-state index contributed by atoms with van der Waals surface area (Å²) in [6.45, 7) is 6.21. The van der Waals surface area contributed by atoms with Crippen LogP contribution in [0.2, 0.25) is 0 Å². The van der Waals surface area contributed by atoms with Gasteiger partial charge in [0.05, 0.1) is 30.5 Å². The Hall–Kier alpha value is -2.89. The maximum Gasteiger partial charge on any atom is 0.248 e. The molecule has 2 N–H and O–H groups in total. The molecule has 1 aromatic heterocycles. The molecule has 0 aliphatic carbocycles. The minimum atomic E-state index is -3.70. The van der Waals surface area contributed by atoms with Gasteiger partial charge in [-0.2, -0.15) is 4.31 Å². The summed E-state index contributed by atoms with van der Waals surface area (Å²) in [5.41, 5.74) is 7.85. The van der Waals surface area contributed by atoms with Crippen LogP contribution in [0.3, 0.4) is 0 Å². The van der Waals surface area contributed by atoms with Crippen molar-refractivity contribution in [2.45, 2.75) is 18.7 Å². The number of aromatic nitrogens is 1. The third kappa shape index (κ3) is 5.96. The Labute approximate surface area is 201 Å². The highest BCUT2D eigenvalue weighted by Gasteiger charge is 2.26. The number of carbonyl (C=O) groups excluding carboxylic acids is 1. The molecule has 0 atom stereocenters. The van der Waals surface area contributed by atoms with Gasteiger partial charge < -0.3 is 25.0 Å². The van der Waals surface area contributed by atoms with E-state index in [0.29, 0.717) is 48.9 Å². The van der Waals surface area contributed by atoms with Crippen LogP contribution < -0.4 is 15.4 Å². The molecule has 34 heavy (non-hydrogen) atoms. The predicted octanol–water partition coefficient (Wildman–Crippen LogP) is 1.28. The lowest BCUT2D eigenvalue weighted by atomic mass is 10.1. The van der Waals surface area contributed by atoms with Crippen LogP contribution in [0.15, 0.2) is 35.4 Å². The molecule has 11 heteroatoms. The van der Waals surface area contributed by atoms with Crippen molar-refractivity contribution < 1.29 is 22.7 Å². The molecule has 0 saturated carbocycles. The summed E-state index contributed by atoms with van der Waals surface area (Å²) in [4.78, 5) is 20.8. The number of amides is 1. The van der Waals surface area contributed by atoms with Gasteiger partial charge >= 0.3 is 0 Å². The van der Waals surface area contributed by atoms with Crippen LogP contribution in [0, 0.1) is 13.8 Å². The molecule has 1 aliphatic heterocycles. The summed E-state index contributed by atoms with van der Waals surface area (Å²) in [7, 11) is -0.643. The maximum absolute atomic E-state index is 13.1. The van der Waals surface area contributed by atoms with E-state index in [9.17, 15) is 13.2 Å². The van der Waals surface area contributed by atoms with Gasteiger partial charge in [-0.3, -0.25) is 4.79 Å². The first-order valence-electron chi connectivity index (χ1n) is 11.1. The third-order valence-electron chi connectivity index (χ3n) is 5.88. The van der Waals surface area contributed by atoms with Crippen LogP contribution in [-0.2, 0) is 19.6 Å². The van der Waals surface area contributed by atoms with Crippen molar-refractivity contribution in [3.8, 4) is 5.75 Å². The van der Waals surface area contributed by atoms with Gasteiger partial charge in [-0.05, 0) is 49.2 Å². The topological polar surface area (TPSA) is 118 Å². The largest absolute Gasteiger partial charge is 0.497 e. The summed E-state index contributed by atoms with van der Waals surface area (Å²) in [5, 5.41) is 0. The van der Waals surface area contributed by atoms with Gasteiger partial charge in [-0.15, -0.1) is 0 Å². The summed E-state index contributed by atoms with van der Waals surface area (Å²) in [5.74, 6) is 0.981. The quantitative estimate of drug-likeness (QED) is 0.521. The normalized spacial score (nSPS) is 14.5. The molecular weight excluding hydrogens is 458 g/mol. The Balaban J connectivity index is 1.45. The Morgan fingerprint density at radius 1 is 1.15 bits per heavy atom. The average Bonchev–Trinajstić information content (AvgIpc) is 2.81. The number of methoxy groups -OCH3 is 1. The van der Waals surface area contributed by atoms with E-state index in [1.165, 1.54) is 11.4 Å². The van der Waals surface area contributed by atoms with Crippen molar-refractivity contribution in [3.05, 3.63) is 41.6 Å². The number of hydrogen-bond donors (Lipinski definition) is 1. The molecule has 0 spiro atoms. The zero-order chi connectivity index (χ0) is 24.9. The van der Waals surface area contributed by atoms with Crippen molar-refractivity contribution in [1.29, 1.82) is 0 Å². The Kier molecular flexibility index (Phi) is 8.34. The standard InChI is InChI=1S/C23H33N5O5S/c1-17-13-20(32-4)14-18(2)23(17)34(30,31)26(3)11-12-33-16-22(29)28-9-7-27(8-10-28)19-5-6-21(24)25-15-19/h5-6,13-15H,7-12,16H2,1-4H3,(H2,24,25). The van der Waals surface area contributed by atoms with Crippen LogP contribution in [0.25, 0.3) is 0 Å². The predicted molar refractivity (Wildman–Crippen MR) is 131 cm³/mol. The highest BCUT2D eigenvalue weighted by Crippen LogP contribution is 2.27. The molecular formula is C23H33N5O5S. The van der Waals surface area contributed by atoms with Gasteiger partial charge in [0.1, 0.15) is 18.2 Å². The fraction of sp³-hybridized carbons (Fsp3) is 0.478. The molecule has 1 saturated heterocycles. The number of likely N-dealkylation sites (N-methyl/N-ethyl adjacent to an activating group) is 1. The molecule has 3 rings (SSSR count). The molecule has 2 heterocycles. The first-order valence-corrected chi connectivity index (χ1v) is 12.5. The van der Waals surface area contributed by atoms with E-state index in [1.807, 2.05) is 6.07 Å². The number of rotatable bonds is 9. The summed E-state index contributed by atoms with van der Waals surface area (Å²) in [6.07, 6.45) is 1.73. The average molecular weight is 492 g/mol. The number of carbonyl (C=O) groups is 1. The van der Waals surface area contributed by atoms with Crippen LogP contribution in [0.1, 0.15) is 11.1 Å². The number of nitrogens with zero attached hydrogens (tertiary/aromatic N) is 4. The fourth-order valence-corrected chi connectivity index (χ4v) is 5.51. The van der Waals surface area contributed by atoms with Crippen LogP contribution >= 0.6 is 0 Å². The van der Waals surface area contributed by atoms with E-state index in [-0.39, 0.29) is 30.6 Å². The Morgan fingerprint density at radius 3 is 2.35 bits per heavy atom. The van der Waals surface area contributed by atoms with Crippen molar-refractivity contribution >= 4 is 27.4 Å². The van der Waals surface area contributed by atoms with Crippen LogP contribution in [0.4, 0.5) is 11.5 Å². The minimum Gasteiger partial charge on any atom is -0.497 e. The van der Waals surface area contributed by atoms with Gasteiger partial charge in [0.25, 0.3) is 0 Å². The van der Waals surface area contributed by atoms with E-state index in [4.69, 9.17) is 15.2 Å². The van der Waals surface area contributed by atoms with Gasteiger partial charge in [-0.1, -0.05) is 0 Å². The van der Waals surface area contributed by atoms with E-state index in [2.05, 4.69) is 9.88 Å². The molecule has 0 bridgehead atoms. The SMILES string of the molecule is COc1cc(C)c(S(=O)(=O)N(C)CCOCC(=O)N2CCN(c3ccc(N)nc3)CC2)c(C)c1. The van der Waals surface area contributed by atoms with Gasteiger partial charge in [0.15, 0.2) is 0 Å². The zero-order valence-corrected chi connectivity index (χ0v) is 21.0. The Bertz CT molecular complexity index is 1080. The van der Waals surface area contributed by atoms with Gasteiger partial charge in [0.2, 0.25) is 15.9 Å². The number of aryl methyl sites for hydroxylation is 2. The number of benzene rings is 1. The second-order valence-electron chi connectivity index (χ2n) is 8.28. The lowest BCUT2D eigenvalue weighted by molar-refractivity contribution is -0.136. The molecule has 0 unspecified atom stereocenters. The van der Waals surface area contributed by atoms with E-state index < -0.39 is 10.0 Å². The van der Waals surface area contributed by atoms with Gasteiger partial charge in [0, 0.05) is 39.8 Å². The summed E-state index contributed by atoms with van der Waals surface area (Å²) in [6, 6.07) is 7.08. The second-order valence-corrected chi connectivity index (χ2v) is 10.3. The van der Waals surface area contributed by atoms with E-state index in [0.717, 1.165) is 5.69 Å². The maximum atomic E-state index is 13.1. The number of sulfonamides is 1. The lowest BCUT2D eigenvalue weighted by Crippen LogP contribution is -2.49. The highest BCUT2D eigenvalue weighted by molar-refractivity contribution is 7.89. The first-order chi connectivity index (χ1) is 16.1. The van der Waals surface area contributed by atoms with Crippen molar-refractivity contribution in [1.82, 2.24) is 14.2 Å². The van der Waals surface area contributed by atoms with E-state index in [1.54, 1.807) is 50.3 Å². The van der Waals surface area contributed by atoms with Crippen molar-refractivity contribution in [3.63, 3.8) is 0 Å². The molecule has 1 amide bonds. The highest BCUT2D eigenvalue weighted by atomic mass is 32.2. The molecule has 1 fully saturated rings. The number of anilines is 2. The van der Waals surface area contributed by atoms with E-state index >= 15 is 0 Å². The number of pyridine rings is 1.